The Balaban J connectivity index is 3.40. The van der Waals surface area contributed by atoms with E-state index >= 15 is 0 Å². The number of carbonyl (C=O) groups excluding carboxylic acids is 1. The Hall–Kier alpha value is -0.570. The molecule has 0 spiro atoms. The lowest BCUT2D eigenvalue weighted by Crippen LogP contribution is -2.45. The number of unbranched alkanes of at least 4 members (excludes halogenated alkanes) is 5. The molecule has 0 aromatic rings. The lowest BCUT2D eigenvalue weighted by molar-refractivity contribution is -0.324. The zero-order chi connectivity index (χ0) is 11.0. The van der Waals surface area contributed by atoms with Gasteiger partial charge in [-0.25, -0.2) is 0 Å². The first-order valence-corrected chi connectivity index (χ1v) is 5.44. The molecule has 0 radical (unpaired) electrons. The van der Waals surface area contributed by atoms with E-state index in [0.29, 0.717) is 6.42 Å². The van der Waals surface area contributed by atoms with Crippen LogP contribution in [0.3, 0.4) is 0 Å². The fraction of sp³-hybridized carbons (Fsp3) is 0.909. The van der Waals surface area contributed by atoms with Crippen LogP contribution in [0.5, 0.6) is 0 Å². The van der Waals surface area contributed by atoms with Crippen LogP contribution in [0, 0.1) is 0 Å². The van der Waals surface area contributed by atoms with E-state index in [9.17, 15) is 15.0 Å². The fourth-order valence-corrected chi connectivity index (χ4v) is 1.35. The first kappa shape index (κ1) is 13.4. The Labute approximate surface area is 86.1 Å². The fourth-order valence-electron chi connectivity index (χ4n) is 1.35. The minimum atomic E-state index is -1.65. The molecule has 0 aromatic heterocycles. The van der Waals surface area contributed by atoms with Crippen molar-refractivity contribution in [3.05, 3.63) is 0 Å². The molecule has 0 aliphatic heterocycles. The Bertz CT molecular complexity index is 164. The maximum absolute atomic E-state index is 10.4. The van der Waals surface area contributed by atoms with Gasteiger partial charge in [-0.1, -0.05) is 45.4 Å². The van der Waals surface area contributed by atoms with Crippen molar-refractivity contribution in [2.75, 3.05) is 0 Å². The largest absolute Gasteiger partial charge is 0.547 e. The molecule has 3 nitrogen and oxygen atoms in total. The van der Waals surface area contributed by atoms with E-state index in [1.54, 1.807) is 0 Å². The van der Waals surface area contributed by atoms with E-state index in [2.05, 4.69) is 6.92 Å². The molecular weight excluding hydrogens is 180 g/mol. The summed E-state index contributed by atoms with van der Waals surface area (Å²) in [6.45, 7) is 3.45. The average molecular weight is 201 g/mol. The van der Waals surface area contributed by atoms with Crippen molar-refractivity contribution in [3.8, 4) is 0 Å². The summed E-state index contributed by atoms with van der Waals surface area (Å²) in [4.78, 5) is 10.4. The second-order valence-electron chi connectivity index (χ2n) is 4.08. The normalized spacial score (nSPS) is 15.1. The zero-order valence-corrected chi connectivity index (χ0v) is 9.21. The molecule has 3 heteroatoms. The minimum absolute atomic E-state index is 0.293. The molecule has 0 saturated carbocycles. The maximum atomic E-state index is 10.4. The summed E-state index contributed by atoms with van der Waals surface area (Å²) in [7, 11) is 0. The van der Waals surface area contributed by atoms with Crippen molar-refractivity contribution in [1.82, 2.24) is 0 Å². The van der Waals surface area contributed by atoms with E-state index in [1.807, 2.05) is 0 Å². The van der Waals surface area contributed by atoms with E-state index in [4.69, 9.17) is 0 Å². The first-order valence-electron chi connectivity index (χ1n) is 5.44. The van der Waals surface area contributed by atoms with Crippen LogP contribution in [-0.2, 0) is 4.79 Å². The van der Waals surface area contributed by atoms with Crippen molar-refractivity contribution in [2.45, 2.75) is 64.4 Å². The molecule has 0 saturated heterocycles. The lowest BCUT2D eigenvalue weighted by atomic mass is 9.98. The molecule has 0 fully saturated rings. The number of aliphatic carboxylic acids is 1. The average Bonchev–Trinajstić information content (AvgIpc) is 2.10. The van der Waals surface area contributed by atoms with Crippen molar-refractivity contribution < 1.29 is 15.0 Å². The van der Waals surface area contributed by atoms with Gasteiger partial charge in [0.25, 0.3) is 0 Å². The van der Waals surface area contributed by atoms with Crippen molar-refractivity contribution in [2.24, 2.45) is 0 Å². The van der Waals surface area contributed by atoms with Crippen LogP contribution < -0.4 is 5.11 Å². The number of aliphatic hydroxyl groups is 1. The third-order valence-electron chi connectivity index (χ3n) is 2.46. The zero-order valence-electron chi connectivity index (χ0n) is 9.21. The first-order chi connectivity index (χ1) is 6.50. The van der Waals surface area contributed by atoms with E-state index in [1.165, 1.54) is 26.2 Å². The molecule has 1 unspecified atom stereocenters. The molecule has 84 valence electrons. The van der Waals surface area contributed by atoms with Crippen LogP contribution in [-0.4, -0.2) is 16.7 Å². The number of hydrogen-bond acceptors (Lipinski definition) is 3. The van der Waals surface area contributed by atoms with Crippen molar-refractivity contribution in [3.63, 3.8) is 0 Å². The van der Waals surface area contributed by atoms with Gasteiger partial charge in [0.1, 0.15) is 5.60 Å². The van der Waals surface area contributed by atoms with Gasteiger partial charge in [-0.15, -0.1) is 0 Å². The molecule has 0 aliphatic rings. The Morgan fingerprint density at radius 3 is 2.21 bits per heavy atom. The minimum Gasteiger partial charge on any atom is -0.547 e. The van der Waals surface area contributed by atoms with E-state index in [-0.39, 0.29) is 0 Å². The summed E-state index contributed by atoms with van der Waals surface area (Å²) in [5.74, 6) is -1.37. The van der Waals surface area contributed by atoms with Crippen LogP contribution in [0.2, 0.25) is 0 Å². The van der Waals surface area contributed by atoms with Crippen LogP contribution in [0.4, 0.5) is 0 Å². The number of carboxylic acids is 1. The molecule has 1 atom stereocenters. The van der Waals surface area contributed by atoms with Crippen LogP contribution in [0.25, 0.3) is 0 Å². The lowest BCUT2D eigenvalue weighted by Gasteiger charge is -2.23. The monoisotopic (exact) mass is 201 g/mol. The van der Waals surface area contributed by atoms with Crippen LogP contribution in [0.1, 0.15) is 58.8 Å². The molecule has 0 aliphatic carbocycles. The highest BCUT2D eigenvalue weighted by atomic mass is 16.4. The highest BCUT2D eigenvalue weighted by Gasteiger charge is 2.20. The summed E-state index contributed by atoms with van der Waals surface area (Å²) < 4.78 is 0. The van der Waals surface area contributed by atoms with Gasteiger partial charge in [-0.2, -0.15) is 0 Å². The third-order valence-corrected chi connectivity index (χ3v) is 2.46. The van der Waals surface area contributed by atoms with Gasteiger partial charge >= 0.3 is 0 Å². The van der Waals surface area contributed by atoms with Gasteiger partial charge in [-0.3, -0.25) is 0 Å². The molecule has 14 heavy (non-hydrogen) atoms. The van der Waals surface area contributed by atoms with Gasteiger partial charge in [0.15, 0.2) is 0 Å². The van der Waals surface area contributed by atoms with Crippen LogP contribution in [0.15, 0.2) is 0 Å². The standard InChI is InChI=1S/C11H22O3/c1-3-4-5-6-7-8-9-11(2,14)10(12)13/h14H,3-9H2,1-2H3,(H,12,13)/p-1. The van der Waals surface area contributed by atoms with Crippen LogP contribution >= 0.6 is 0 Å². The van der Waals surface area contributed by atoms with Crippen molar-refractivity contribution >= 4 is 5.97 Å². The molecule has 0 aromatic carbocycles. The molecule has 0 heterocycles. The summed E-state index contributed by atoms with van der Waals surface area (Å²) in [5, 5.41) is 19.8. The highest BCUT2D eigenvalue weighted by Crippen LogP contribution is 2.15. The quantitative estimate of drug-likeness (QED) is 0.601. The van der Waals surface area contributed by atoms with E-state index in [0.717, 1.165) is 19.3 Å². The smallest absolute Gasteiger partial charge is 0.101 e. The maximum Gasteiger partial charge on any atom is 0.101 e. The molecule has 0 amide bonds. The molecule has 1 N–H and O–H groups in total. The SMILES string of the molecule is CCCCCCCCC(C)(O)C(=O)[O-]. The Kier molecular flexibility index (Phi) is 6.54. The van der Waals surface area contributed by atoms with Gasteiger partial charge in [-0.05, 0) is 13.3 Å². The predicted molar refractivity (Wildman–Crippen MR) is 53.6 cm³/mol. The molecular formula is C11H21O3-. The number of carboxylic acid groups (broad SMARTS) is 1. The van der Waals surface area contributed by atoms with E-state index < -0.39 is 11.6 Å². The van der Waals surface area contributed by atoms with Gasteiger partial charge in [0.2, 0.25) is 0 Å². The predicted octanol–water partition coefficient (Wildman–Crippen LogP) is 1.24. The van der Waals surface area contributed by atoms with Gasteiger partial charge in [0.05, 0.1) is 5.97 Å². The Morgan fingerprint density at radius 2 is 1.71 bits per heavy atom. The van der Waals surface area contributed by atoms with Crippen molar-refractivity contribution in [1.29, 1.82) is 0 Å². The summed E-state index contributed by atoms with van der Waals surface area (Å²) in [6.07, 6.45) is 6.80. The number of rotatable bonds is 8. The van der Waals surface area contributed by atoms with Gasteiger partial charge in [0, 0.05) is 0 Å². The third kappa shape index (κ3) is 5.97. The second-order valence-corrected chi connectivity index (χ2v) is 4.08. The van der Waals surface area contributed by atoms with Gasteiger partial charge < -0.3 is 15.0 Å². The summed E-state index contributed by atoms with van der Waals surface area (Å²) >= 11 is 0. The molecule has 0 rings (SSSR count). The summed E-state index contributed by atoms with van der Waals surface area (Å²) in [5.41, 5.74) is -1.65. The topological polar surface area (TPSA) is 60.4 Å². The number of hydrogen-bond donors (Lipinski definition) is 1. The highest BCUT2D eigenvalue weighted by molar-refractivity contribution is 5.74. The number of carbonyl (C=O) groups is 1. The summed E-state index contributed by atoms with van der Waals surface area (Å²) in [6, 6.07) is 0. The second kappa shape index (κ2) is 6.82. The Morgan fingerprint density at radius 1 is 1.21 bits per heavy atom. The molecule has 0 bridgehead atoms.